The second-order valence-electron chi connectivity index (χ2n) is 6.71. The van der Waals surface area contributed by atoms with E-state index < -0.39 is 0 Å². The number of hydrogen-bond donors (Lipinski definition) is 1. The molecular formula is C21H21N3O5. The standard InChI is InChI=1S/C21H21N3O5/c1-23(2)19(26)13-29-15-9-7-14(8-10-15)22-18(25)11-12-24-20(27)16-5-3-4-6-17(16)21(24)28/h3-10H,11-13H2,1-2H3,(H,22,25). The molecule has 8 heteroatoms. The monoisotopic (exact) mass is 395 g/mol. The topological polar surface area (TPSA) is 96.0 Å². The van der Waals surface area contributed by atoms with Gasteiger partial charge in [-0.05, 0) is 36.4 Å². The Balaban J connectivity index is 1.49. The maximum absolute atomic E-state index is 12.3. The molecule has 3 rings (SSSR count). The molecule has 4 amide bonds. The molecule has 2 aromatic rings. The molecule has 1 heterocycles. The summed E-state index contributed by atoms with van der Waals surface area (Å²) >= 11 is 0. The van der Waals surface area contributed by atoms with Crippen molar-refractivity contribution < 1.29 is 23.9 Å². The molecule has 8 nitrogen and oxygen atoms in total. The van der Waals surface area contributed by atoms with Crippen molar-refractivity contribution >= 4 is 29.3 Å². The summed E-state index contributed by atoms with van der Waals surface area (Å²) in [5.41, 5.74) is 1.27. The zero-order valence-corrected chi connectivity index (χ0v) is 16.2. The largest absolute Gasteiger partial charge is 0.484 e. The van der Waals surface area contributed by atoms with Crippen LogP contribution >= 0.6 is 0 Å². The van der Waals surface area contributed by atoms with Crippen LogP contribution < -0.4 is 10.1 Å². The predicted molar refractivity (Wildman–Crippen MR) is 106 cm³/mol. The lowest BCUT2D eigenvalue weighted by Crippen LogP contribution is -2.32. The molecule has 0 saturated heterocycles. The van der Waals surface area contributed by atoms with E-state index in [1.54, 1.807) is 62.6 Å². The van der Waals surface area contributed by atoms with Crippen LogP contribution in [0, 0.1) is 0 Å². The minimum Gasteiger partial charge on any atom is -0.484 e. The molecule has 0 aromatic heterocycles. The number of benzene rings is 2. The molecule has 1 N–H and O–H groups in total. The smallest absolute Gasteiger partial charge is 0.261 e. The third-order valence-corrected chi connectivity index (χ3v) is 4.44. The van der Waals surface area contributed by atoms with Crippen molar-refractivity contribution in [2.45, 2.75) is 6.42 Å². The average molecular weight is 395 g/mol. The second kappa shape index (κ2) is 8.55. The number of fused-ring (bicyclic) bond motifs is 1. The number of rotatable bonds is 7. The van der Waals surface area contributed by atoms with Crippen LogP contribution in [0.2, 0.25) is 0 Å². The van der Waals surface area contributed by atoms with Crippen molar-refractivity contribution in [1.82, 2.24) is 9.80 Å². The summed E-state index contributed by atoms with van der Waals surface area (Å²) in [5, 5.41) is 2.71. The summed E-state index contributed by atoms with van der Waals surface area (Å²) in [6, 6.07) is 13.2. The molecule has 0 radical (unpaired) electrons. The fourth-order valence-electron chi connectivity index (χ4n) is 2.79. The van der Waals surface area contributed by atoms with Gasteiger partial charge in [-0.15, -0.1) is 0 Å². The van der Waals surface area contributed by atoms with Crippen LogP contribution in [0.15, 0.2) is 48.5 Å². The number of nitrogens with zero attached hydrogens (tertiary/aromatic N) is 2. The first-order valence-electron chi connectivity index (χ1n) is 9.05. The van der Waals surface area contributed by atoms with Crippen molar-refractivity contribution in [3.63, 3.8) is 0 Å². The summed E-state index contributed by atoms with van der Waals surface area (Å²) in [5.74, 6) is -0.739. The van der Waals surface area contributed by atoms with Gasteiger partial charge >= 0.3 is 0 Å². The van der Waals surface area contributed by atoms with Gasteiger partial charge in [0.25, 0.3) is 17.7 Å². The van der Waals surface area contributed by atoms with E-state index in [0.29, 0.717) is 22.6 Å². The van der Waals surface area contributed by atoms with Crippen LogP contribution in [-0.4, -0.2) is 60.7 Å². The van der Waals surface area contributed by atoms with Crippen LogP contribution in [-0.2, 0) is 9.59 Å². The van der Waals surface area contributed by atoms with Crippen molar-refractivity contribution in [2.24, 2.45) is 0 Å². The first kappa shape index (κ1) is 20.1. The SMILES string of the molecule is CN(C)C(=O)COc1ccc(NC(=O)CCN2C(=O)c3ccccc3C2=O)cc1. The molecule has 0 bridgehead atoms. The molecule has 29 heavy (non-hydrogen) atoms. The van der Waals surface area contributed by atoms with Gasteiger partial charge in [-0.2, -0.15) is 0 Å². The molecule has 150 valence electrons. The van der Waals surface area contributed by atoms with Gasteiger partial charge in [-0.1, -0.05) is 12.1 Å². The Hall–Kier alpha value is -3.68. The molecular weight excluding hydrogens is 374 g/mol. The highest BCUT2D eigenvalue weighted by Gasteiger charge is 2.34. The summed E-state index contributed by atoms with van der Waals surface area (Å²) in [6.07, 6.45) is -0.0128. The van der Waals surface area contributed by atoms with Crippen LogP contribution in [0.1, 0.15) is 27.1 Å². The van der Waals surface area contributed by atoms with Crippen molar-refractivity contribution in [3.05, 3.63) is 59.7 Å². The van der Waals surface area contributed by atoms with E-state index in [1.165, 1.54) is 4.90 Å². The third-order valence-electron chi connectivity index (χ3n) is 4.44. The number of imide groups is 1. The molecule has 0 unspecified atom stereocenters. The van der Waals surface area contributed by atoms with E-state index in [1.807, 2.05) is 0 Å². The normalized spacial score (nSPS) is 12.6. The molecule has 0 saturated carbocycles. The number of likely N-dealkylation sites (N-methyl/N-ethyl adjacent to an activating group) is 1. The van der Waals surface area contributed by atoms with Gasteiger partial charge in [-0.25, -0.2) is 0 Å². The lowest BCUT2D eigenvalue weighted by Gasteiger charge is -2.14. The number of hydrogen-bond acceptors (Lipinski definition) is 5. The van der Waals surface area contributed by atoms with Gasteiger partial charge < -0.3 is 15.0 Å². The van der Waals surface area contributed by atoms with E-state index in [4.69, 9.17) is 4.74 Å². The lowest BCUT2D eigenvalue weighted by atomic mass is 10.1. The number of carbonyl (C=O) groups excluding carboxylic acids is 4. The number of carbonyl (C=O) groups is 4. The molecule has 0 spiro atoms. The molecule has 0 atom stereocenters. The zero-order valence-electron chi connectivity index (χ0n) is 16.2. The van der Waals surface area contributed by atoms with Gasteiger partial charge in [0.2, 0.25) is 5.91 Å². The summed E-state index contributed by atoms with van der Waals surface area (Å²) in [4.78, 5) is 50.8. The molecule has 1 aliphatic heterocycles. The summed E-state index contributed by atoms with van der Waals surface area (Å²) < 4.78 is 5.37. The Morgan fingerprint density at radius 2 is 1.55 bits per heavy atom. The van der Waals surface area contributed by atoms with Crippen molar-refractivity contribution in [3.8, 4) is 5.75 Å². The van der Waals surface area contributed by atoms with E-state index in [9.17, 15) is 19.2 Å². The molecule has 0 aliphatic carbocycles. The first-order valence-corrected chi connectivity index (χ1v) is 9.05. The lowest BCUT2D eigenvalue weighted by molar-refractivity contribution is -0.130. The van der Waals surface area contributed by atoms with Gasteiger partial charge in [0, 0.05) is 32.7 Å². The minimum atomic E-state index is -0.382. The first-order chi connectivity index (χ1) is 13.9. The average Bonchev–Trinajstić information content (AvgIpc) is 2.96. The van der Waals surface area contributed by atoms with Crippen LogP contribution in [0.5, 0.6) is 5.75 Å². The maximum Gasteiger partial charge on any atom is 0.261 e. The number of nitrogens with one attached hydrogen (secondary N) is 1. The predicted octanol–water partition coefficient (Wildman–Crippen LogP) is 1.78. The van der Waals surface area contributed by atoms with Gasteiger partial charge in [0.15, 0.2) is 6.61 Å². The van der Waals surface area contributed by atoms with E-state index in [-0.39, 0.29) is 43.2 Å². The van der Waals surface area contributed by atoms with Gasteiger partial charge in [0.05, 0.1) is 11.1 Å². The Morgan fingerprint density at radius 1 is 0.966 bits per heavy atom. The quantitative estimate of drug-likeness (QED) is 0.721. The van der Waals surface area contributed by atoms with Crippen LogP contribution in [0.4, 0.5) is 5.69 Å². The van der Waals surface area contributed by atoms with Gasteiger partial charge in [0.1, 0.15) is 5.75 Å². The summed E-state index contributed by atoms with van der Waals surface area (Å²) in [6.45, 7) is -0.0645. The Morgan fingerprint density at radius 3 is 2.10 bits per heavy atom. The van der Waals surface area contributed by atoms with E-state index in [0.717, 1.165) is 4.90 Å². The van der Waals surface area contributed by atoms with Crippen molar-refractivity contribution in [1.29, 1.82) is 0 Å². The number of anilines is 1. The fraction of sp³-hybridized carbons (Fsp3) is 0.238. The maximum atomic E-state index is 12.3. The van der Waals surface area contributed by atoms with Crippen molar-refractivity contribution in [2.75, 3.05) is 32.6 Å². The molecule has 2 aromatic carbocycles. The van der Waals surface area contributed by atoms with E-state index in [2.05, 4.69) is 5.32 Å². The van der Waals surface area contributed by atoms with Crippen LogP contribution in [0.25, 0.3) is 0 Å². The number of ether oxygens (including phenoxy) is 1. The molecule has 0 fully saturated rings. The Kier molecular flexibility index (Phi) is 5.92. The minimum absolute atomic E-state index is 0.00597. The Bertz CT molecular complexity index is 918. The van der Waals surface area contributed by atoms with E-state index >= 15 is 0 Å². The Labute approximate surface area is 168 Å². The summed E-state index contributed by atoms with van der Waals surface area (Å²) in [7, 11) is 3.29. The second-order valence-corrected chi connectivity index (χ2v) is 6.71. The fourth-order valence-corrected chi connectivity index (χ4v) is 2.79. The highest BCUT2D eigenvalue weighted by molar-refractivity contribution is 6.21. The highest BCUT2D eigenvalue weighted by atomic mass is 16.5. The zero-order chi connectivity index (χ0) is 21.0. The van der Waals surface area contributed by atoms with Gasteiger partial charge in [-0.3, -0.25) is 24.1 Å². The molecule has 1 aliphatic rings. The number of amides is 4. The highest BCUT2D eigenvalue weighted by Crippen LogP contribution is 2.22. The van der Waals surface area contributed by atoms with Crippen LogP contribution in [0.3, 0.4) is 0 Å². The third kappa shape index (κ3) is 4.60.